The van der Waals surface area contributed by atoms with Crippen molar-refractivity contribution in [2.45, 2.75) is 31.5 Å². The standard InChI is InChI=1S/C20H20F3N5OS/c21-20(22,23)13-3-6-27-17-16(19(25)30-18(13)17)15(29)8-11-9-26-5-4-14(11)28-7-1-2-12(24)10-28/h3-6,9,12H,1-2,7-8,10,24-25H2/t12-/m0/s1. The topological polar surface area (TPSA) is 98.1 Å². The first-order valence-electron chi connectivity index (χ1n) is 9.46. The summed E-state index contributed by atoms with van der Waals surface area (Å²) in [6.45, 7) is 1.49. The Morgan fingerprint density at radius 3 is 2.83 bits per heavy atom. The van der Waals surface area contributed by atoms with Crippen LogP contribution in [0.1, 0.15) is 34.3 Å². The van der Waals surface area contributed by atoms with Crippen molar-refractivity contribution < 1.29 is 18.0 Å². The highest BCUT2D eigenvalue weighted by Crippen LogP contribution is 2.41. The Kier molecular flexibility index (Phi) is 5.37. The molecular formula is C20H20F3N5OS. The molecule has 30 heavy (non-hydrogen) atoms. The molecule has 0 saturated carbocycles. The maximum absolute atomic E-state index is 13.3. The van der Waals surface area contributed by atoms with Gasteiger partial charge in [-0.05, 0) is 25.0 Å². The van der Waals surface area contributed by atoms with Gasteiger partial charge in [-0.15, -0.1) is 11.3 Å². The summed E-state index contributed by atoms with van der Waals surface area (Å²) in [6.07, 6.45) is 1.61. The van der Waals surface area contributed by atoms with Crippen molar-refractivity contribution in [2.75, 3.05) is 23.7 Å². The summed E-state index contributed by atoms with van der Waals surface area (Å²) in [4.78, 5) is 23.4. The summed E-state index contributed by atoms with van der Waals surface area (Å²) in [6, 6.07) is 2.78. The minimum Gasteiger partial charge on any atom is -0.390 e. The predicted octanol–water partition coefficient (Wildman–Crippen LogP) is 3.65. The van der Waals surface area contributed by atoms with Gasteiger partial charge in [-0.3, -0.25) is 14.8 Å². The van der Waals surface area contributed by atoms with Crippen LogP contribution in [0.4, 0.5) is 23.9 Å². The lowest BCUT2D eigenvalue weighted by Crippen LogP contribution is -2.43. The zero-order valence-electron chi connectivity index (χ0n) is 15.9. The number of nitrogens with zero attached hydrogens (tertiary/aromatic N) is 3. The van der Waals surface area contributed by atoms with Gasteiger partial charge < -0.3 is 16.4 Å². The molecule has 0 aromatic carbocycles. The molecule has 0 spiro atoms. The fourth-order valence-electron chi connectivity index (χ4n) is 3.85. The number of carbonyl (C=O) groups excluding carboxylic acids is 1. The van der Waals surface area contributed by atoms with Crippen molar-refractivity contribution in [3.8, 4) is 0 Å². The number of pyridine rings is 2. The Labute approximate surface area is 174 Å². The lowest BCUT2D eigenvalue weighted by atomic mass is 10.0. The SMILES string of the molecule is Nc1sc2c(C(F)(F)F)ccnc2c1C(=O)Cc1cnccc1N1CCC[C@H](N)C1. The molecule has 3 aromatic rings. The van der Waals surface area contributed by atoms with Crippen LogP contribution in [0.3, 0.4) is 0 Å². The van der Waals surface area contributed by atoms with E-state index in [2.05, 4.69) is 14.9 Å². The molecule has 4 rings (SSSR count). The number of halogens is 3. The van der Waals surface area contributed by atoms with Gasteiger partial charge >= 0.3 is 6.18 Å². The van der Waals surface area contributed by atoms with Crippen LogP contribution in [-0.4, -0.2) is 34.9 Å². The second-order valence-electron chi connectivity index (χ2n) is 7.33. The van der Waals surface area contributed by atoms with Crippen molar-refractivity contribution >= 4 is 38.0 Å². The van der Waals surface area contributed by atoms with Crippen LogP contribution in [0.25, 0.3) is 10.2 Å². The molecule has 1 aliphatic heterocycles. The highest BCUT2D eigenvalue weighted by atomic mass is 32.1. The number of fused-ring (bicyclic) bond motifs is 1. The number of hydrogen-bond acceptors (Lipinski definition) is 7. The quantitative estimate of drug-likeness (QED) is 0.607. The van der Waals surface area contributed by atoms with Crippen molar-refractivity contribution in [2.24, 2.45) is 5.73 Å². The zero-order chi connectivity index (χ0) is 21.5. The summed E-state index contributed by atoms with van der Waals surface area (Å²) >= 11 is 0.736. The number of aromatic nitrogens is 2. The highest BCUT2D eigenvalue weighted by molar-refractivity contribution is 7.23. The first-order chi connectivity index (χ1) is 14.3. The number of anilines is 2. The van der Waals surface area contributed by atoms with Crippen molar-refractivity contribution in [1.82, 2.24) is 9.97 Å². The van der Waals surface area contributed by atoms with E-state index in [4.69, 9.17) is 11.5 Å². The average molecular weight is 435 g/mol. The molecule has 10 heteroatoms. The van der Waals surface area contributed by atoms with Crippen LogP contribution in [0.15, 0.2) is 30.7 Å². The molecule has 158 valence electrons. The third-order valence-corrected chi connectivity index (χ3v) is 6.25. The number of carbonyl (C=O) groups is 1. The van der Waals surface area contributed by atoms with Crippen LogP contribution in [-0.2, 0) is 12.6 Å². The largest absolute Gasteiger partial charge is 0.417 e. The highest BCUT2D eigenvalue weighted by Gasteiger charge is 2.35. The van der Waals surface area contributed by atoms with E-state index in [1.807, 2.05) is 6.07 Å². The third-order valence-electron chi connectivity index (χ3n) is 5.21. The van der Waals surface area contributed by atoms with Crippen LogP contribution in [0.2, 0.25) is 0 Å². The molecule has 0 aliphatic carbocycles. The second kappa shape index (κ2) is 7.84. The number of nitrogen functional groups attached to an aromatic ring is 1. The van der Waals surface area contributed by atoms with Gasteiger partial charge in [-0.1, -0.05) is 0 Å². The van der Waals surface area contributed by atoms with Gasteiger partial charge in [0.15, 0.2) is 5.78 Å². The Morgan fingerprint density at radius 1 is 1.30 bits per heavy atom. The van der Waals surface area contributed by atoms with Gasteiger partial charge in [-0.25, -0.2) is 0 Å². The van der Waals surface area contributed by atoms with E-state index in [-0.39, 0.29) is 39.0 Å². The summed E-state index contributed by atoms with van der Waals surface area (Å²) in [7, 11) is 0. The minimum absolute atomic E-state index is 0.0113. The molecule has 1 saturated heterocycles. The van der Waals surface area contributed by atoms with E-state index < -0.39 is 11.7 Å². The summed E-state index contributed by atoms with van der Waals surface area (Å²) in [5.41, 5.74) is 12.8. The Morgan fingerprint density at radius 2 is 2.10 bits per heavy atom. The van der Waals surface area contributed by atoms with E-state index in [9.17, 15) is 18.0 Å². The first-order valence-corrected chi connectivity index (χ1v) is 10.3. The smallest absolute Gasteiger partial charge is 0.390 e. The fourth-order valence-corrected chi connectivity index (χ4v) is 4.93. The van der Waals surface area contributed by atoms with Crippen molar-refractivity contribution in [3.05, 3.63) is 47.4 Å². The number of piperidine rings is 1. The van der Waals surface area contributed by atoms with Gasteiger partial charge in [0.05, 0.1) is 26.3 Å². The number of thiophene rings is 1. The second-order valence-corrected chi connectivity index (χ2v) is 8.38. The molecule has 4 N–H and O–H groups in total. The van der Waals surface area contributed by atoms with E-state index >= 15 is 0 Å². The monoisotopic (exact) mass is 435 g/mol. The summed E-state index contributed by atoms with van der Waals surface area (Å²) < 4.78 is 39.9. The number of alkyl halides is 3. The number of hydrogen-bond donors (Lipinski definition) is 2. The number of ketones is 1. The molecule has 0 amide bonds. The zero-order valence-corrected chi connectivity index (χ0v) is 16.8. The van der Waals surface area contributed by atoms with Gasteiger partial charge in [0.25, 0.3) is 0 Å². The van der Waals surface area contributed by atoms with Gasteiger partial charge in [0, 0.05) is 55.4 Å². The maximum atomic E-state index is 13.3. The van der Waals surface area contributed by atoms with Crippen LogP contribution in [0.5, 0.6) is 0 Å². The lowest BCUT2D eigenvalue weighted by Gasteiger charge is -2.33. The fraction of sp³-hybridized carbons (Fsp3) is 0.350. The molecular weight excluding hydrogens is 415 g/mol. The Bertz CT molecular complexity index is 1100. The lowest BCUT2D eigenvalue weighted by molar-refractivity contribution is -0.136. The van der Waals surface area contributed by atoms with E-state index in [0.717, 1.165) is 48.7 Å². The van der Waals surface area contributed by atoms with Gasteiger partial charge in [-0.2, -0.15) is 13.2 Å². The van der Waals surface area contributed by atoms with Crippen LogP contribution >= 0.6 is 11.3 Å². The minimum atomic E-state index is -4.55. The van der Waals surface area contributed by atoms with Crippen LogP contribution in [0, 0.1) is 0 Å². The third kappa shape index (κ3) is 3.84. The molecule has 1 fully saturated rings. The number of nitrogens with two attached hydrogens (primary N) is 2. The van der Waals surface area contributed by atoms with E-state index in [1.165, 1.54) is 0 Å². The summed E-state index contributed by atoms with van der Waals surface area (Å²) in [5.74, 6) is -0.388. The molecule has 3 aromatic heterocycles. The summed E-state index contributed by atoms with van der Waals surface area (Å²) in [5, 5.41) is 0.0321. The van der Waals surface area contributed by atoms with Crippen LogP contribution < -0.4 is 16.4 Å². The van der Waals surface area contributed by atoms with Gasteiger partial charge in [0.1, 0.15) is 0 Å². The molecule has 0 radical (unpaired) electrons. The molecule has 0 unspecified atom stereocenters. The molecule has 0 bridgehead atoms. The van der Waals surface area contributed by atoms with E-state index in [0.29, 0.717) is 12.1 Å². The molecule has 4 heterocycles. The number of rotatable bonds is 4. The molecule has 1 atom stereocenters. The normalized spacial score (nSPS) is 17.5. The van der Waals surface area contributed by atoms with Crippen molar-refractivity contribution in [1.29, 1.82) is 0 Å². The molecule has 6 nitrogen and oxygen atoms in total. The van der Waals surface area contributed by atoms with E-state index in [1.54, 1.807) is 12.4 Å². The predicted molar refractivity (Wildman–Crippen MR) is 111 cm³/mol. The molecule has 1 aliphatic rings. The maximum Gasteiger partial charge on any atom is 0.417 e. The van der Waals surface area contributed by atoms with Gasteiger partial charge in [0.2, 0.25) is 0 Å². The average Bonchev–Trinajstić information content (AvgIpc) is 3.03. The van der Waals surface area contributed by atoms with Crippen molar-refractivity contribution in [3.63, 3.8) is 0 Å². The Hall–Kier alpha value is -2.72. The first kappa shape index (κ1) is 20.5. The Balaban J connectivity index is 1.69. The number of Topliss-reactive ketones (excluding diaryl/α,β-unsaturated/α-hetero) is 1.